The third kappa shape index (κ3) is 5.53. The van der Waals surface area contributed by atoms with Crippen molar-refractivity contribution in [2.75, 3.05) is 20.8 Å². The van der Waals surface area contributed by atoms with E-state index in [0.717, 1.165) is 12.0 Å². The lowest BCUT2D eigenvalue weighted by Gasteiger charge is -2.36. The van der Waals surface area contributed by atoms with Gasteiger partial charge in [0, 0.05) is 40.9 Å². The van der Waals surface area contributed by atoms with Crippen LogP contribution in [0.3, 0.4) is 0 Å². The molecular formula is C30H34N2O7. The van der Waals surface area contributed by atoms with Gasteiger partial charge in [-0.1, -0.05) is 31.5 Å². The van der Waals surface area contributed by atoms with E-state index in [1.54, 1.807) is 40.2 Å². The predicted octanol–water partition coefficient (Wildman–Crippen LogP) is 5.63. The van der Waals surface area contributed by atoms with Crippen LogP contribution >= 0.6 is 0 Å². The number of unbranched alkanes of at least 4 members (excludes halogenated alkanes) is 1. The van der Waals surface area contributed by atoms with Crippen LogP contribution in [0.1, 0.15) is 68.1 Å². The van der Waals surface area contributed by atoms with Crippen LogP contribution in [0, 0.1) is 17.0 Å². The lowest BCUT2D eigenvalue weighted by Crippen LogP contribution is -2.36. The van der Waals surface area contributed by atoms with E-state index < -0.39 is 16.8 Å². The first-order valence-electron chi connectivity index (χ1n) is 13.1. The van der Waals surface area contributed by atoms with Crippen LogP contribution in [0.2, 0.25) is 0 Å². The van der Waals surface area contributed by atoms with E-state index >= 15 is 0 Å². The van der Waals surface area contributed by atoms with Crippen molar-refractivity contribution in [3.05, 3.63) is 85.7 Å². The lowest BCUT2D eigenvalue weighted by atomic mass is 9.71. The summed E-state index contributed by atoms with van der Waals surface area (Å²) in [5.74, 6) is -0.357. The van der Waals surface area contributed by atoms with E-state index in [9.17, 15) is 19.7 Å². The minimum atomic E-state index is -0.770. The van der Waals surface area contributed by atoms with Crippen molar-refractivity contribution in [3.8, 4) is 11.5 Å². The number of dihydropyridines is 1. The summed E-state index contributed by atoms with van der Waals surface area (Å²) < 4.78 is 16.4. The van der Waals surface area contributed by atoms with Crippen LogP contribution < -0.4 is 14.8 Å². The zero-order valence-corrected chi connectivity index (χ0v) is 23.0. The molecule has 0 bridgehead atoms. The van der Waals surface area contributed by atoms with Gasteiger partial charge < -0.3 is 19.5 Å². The van der Waals surface area contributed by atoms with E-state index in [4.69, 9.17) is 14.2 Å². The topological polar surface area (TPSA) is 117 Å². The van der Waals surface area contributed by atoms with Crippen LogP contribution in [0.25, 0.3) is 0 Å². The Morgan fingerprint density at radius 3 is 2.44 bits per heavy atom. The second kappa shape index (κ2) is 11.7. The third-order valence-corrected chi connectivity index (χ3v) is 7.42. The number of carbonyl (C=O) groups is 2. The number of hydrogen-bond donors (Lipinski definition) is 1. The van der Waals surface area contributed by atoms with E-state index in [1.165, 1.54) is 6.07 Å². The number of ether oxygens (including phenoxy) is 3. The van der Waals surface area contributed by atoms with Crippen LogP contribution in [0.15, 0.2) is 58.9 Å². The summed E-state index contributed by atoms with van der Waals surface area (Å²) in [6.45, 7) is 5.70. The number of esters is 1. The van der Waals surface area contributed by atoms with Crippen molar-refractivity contribution < 1.29 is 28.7 Å². The number of aryl methyl sites for hydroxylation is 1. The van der Waals surface area contributed by atoms with E-state index in [1.807, 2.05) is 25.1 Å². The maximum absolute atomic E-state index is 13.8. The molecule has 1 heterocycles. The molecule has 4 rings (SSSR count). The highest BCUT2D eigenvalue weighted by Crippen LogP contribution is 2.47. The lowest BCUT2D eigenvalue weighted by molar-refractivity contribution is -0.385. The van der Waals surface area contributed by atoms with Crippen LogP contribution in [0.5, 0.6) is 11.5 Å². The van der Waals surface area contributed by atoms with Gasteiger partial charge in [0.15, 0.2) is 17.3 Å². The van der Waals surface area contributed by atoms with E-state index in [2.05, 4.69) is 5.32 Å². The molecule has 0 unspecified atom stereocenters. The van der Waals surface area contributed by atoms with Crippen molar-refractivity contribution in [1.82, 2.24) is 5.32 Å². The number of nitro benzene ring substituents is 1. The second-order valence-electron chi connectivity index (χ2n) is 9.92. The highest BCUT2D eigenvalue weighted by Gasteiger charge is 2.42. The minimum Gasteiger partial charge on any atom is -0.493 e. The molecule has 39 heavy (non-hydrogen) atoms. The molecule has 206 valence electrons. The van der Waals surface area contributed by atoms with Gasteiger partial charge in [-0.25, -0.2) is 4.79 Å². The fourth-order valence-electron chi connectivity index (χ4n) is 5.38. The Labute approximate surface area is 228 Å². The maximum Gasteiger partial charge on any atom is 0.336 e. The molecule has 2 aliphatic rings. The summed E-state index contributed by atoms with van der Waals surface area (Å²) in [7, 11) is 3.14. The molecule has 9 heteroatoms. The van der Waals surface area contributed by atoms with Crippen molar-refractivity contribution in [2.45, 2.75) is 58.3 Å². The van der Waals surface area contributed by atoms with Gasteiger partial charge >= 0.3 is 5.97 Å². The molecule has 0 fully saturated rings. The number of methoxy groups -OCH3 is 2. The number of hydrogen-bond acceptors (Lipinski definition) is 8. The smallest absolute Gasteiger partial charge is 0.336 e. The average Bonchev–Trinajstić information content (AvgIpc) is 2.91. The first-order valence-corrected chi connectivity index (χ1v) is 13.1. The molecule has 9 nitrogen and oxygen atoms in total. The number of ketones is 1. The Morgan fingerprint density at radius 2 is 1.77 bits per heavy atom. The van der Waals surface area contributed by atoms with Gasteiger partial charge in [0.1, 0.15) is 0 Å². The summed E-state index contributed by atoms with van der Waals surface area (Å²) in [6.07, 6.45) is 2.32. The number of nitro groups is 1. The number of nitrogens with zero attached hydrogens (tertiary/aromatic N) is 1. The van der Waals surface area contributed by atoms with Crippen molar-refractivity contribution in [2.24, 2.45) is 0 Å². The largest absolute Gasteiger partial charge is 0.493 e. The summed E-state index contributed by atoms with van der Waals surface area (Å²) >= 11 is 0. The molecule has 2 aromatic carbocycles. The Balaban J connectivity index is 1.79. The number of benzene rings is 2. The molecule has 0 amide bonds. The highest BCUT2D eigenvalue weighted by atomic mass is 16.6. The summed E-state index contributed by atoms with van der Waals surface area (Å²) in [5.41, 5.74) is 3.94. The quantitative estimate of drug-likeness (QED) is 0.191. The molecule has 1 aliphatic carbocycles. The van der Waals surface area contributed by atoms with Gasteiger partial charge in [0.05, 0.1) is 31.3 Å². The second-order valence-corrected chi connectivity index (χ2v) is 9.92. The monoisotopic (exact) mass is 534 g/mol. The molecule has 2 atom stereocenters. The standard InChI is InChI=1S/C30H34N2O7/c1-6-7-12-39-30(34)27-18(3)31-22-13-21(19-10-11-25(37-4)26(16-19)38-5)15-24(33)29(22)28(27)20-9-8-17(2)23(14-20)32(35)36/h8-11,14,16,21,28,31H,6-7,12-13,15H2,1-5H3/t21-,28-/m0/s1. The summed E-state index contributed by atoms with van der Waals surface area (Å²) in [6, 6.07) is 10.5. The summed E-state index contributed by atoms with van der Waals surface area (Å²) in [4.78, 5) is 38.5. The van der Waals surface area contributed by atoms with Crippen molar-refractivity contribution in [3.63, 3.8) is 0 Å². The maximum atomic E-state index is 13.8. The molecule has 1 N–H and O–H groups in total. The fraction of sp³-hybridized carbons (Fsp3) is 0.400. The molecule has 0 saturated heterocycles. The molecule has 0 saturated carbocycles. The van der Waals surface area contributed by atoms with E-state index in [0.29, 0.717) is 58.0 Å². The molecule has 0 spiro atoms. The first-order chi connectivity index (χ1) is 18.7. The molecule has 2 aromatic rings. The zero-order valence-electron chi connectivity index (χ0n) is 23.0. The van der Waals surface area contributed by atoms with E-state index in [-0.39, 0.29) is 30.4 Å². The molecule has 1 aliphatic heterocycles. The predicted molar refractivity (Wildman–Crippen MR) is 146 cm³/mol. The first kappa shape index (κ1) is 27.9. The van der Waals surface area contributed by atoms with Gasteiger partial charge in [-0.15, -0.1) is 0 Å². The SMILES string of the molecule is CCCCOC(=O)C1=C(C)NC2=C(C(=O)C[C@@H](c3ccc(OC)c(OC)c3)C2)[C@H]1c1ccc(C)c([N+](=O)[O-])c1. The normalized spacial score (nSPS) is 18.8. The van der Waals surface area contributed by atoms with Gasteiger partial charge in [-0.2, -0.15) is 0 Å². The summed E-state index contributed by atoms with van der Waals surface area (Å²) in [5, 5.41) is 15.1. The zero-order chi connectivity index (χ0) is 28.3. The number of allylic oxidation sites excluding steroid dienone is 3. The fourth-order valence-corrected chi connectivity index (χ4v) is 5.38. The number of nitrogens with one attached hydrogen (secondary N) is 1. The third-order valence-electron chi connectivity index (χ3n) is 7.42. The Bertz CT molecular complexity index is 1380. The van der Waals surface area contributed by atoms with Crippen LogP contribution in [-0.4, -0.2) is 37.5 Å². The van der Waals surface area contributed by atoms with Gasteiger partial charge in [-0.3, -0.25) is 14.9 Å². The Kier molecular flexibility index (Phi) is 8.38. The number of Topliss-reactive ketones (excluding diaryl/α,β-unsaturated/α-hetero) is 1. The van der Waals surface area contributed by atoms with Gasteiger partial charge in [-0.05, 0) is 55.9 Å². The Morgan fingerprint density at radius 1 is 1.05 bits per heavy atom. The minimum absolute atomic E-state index is 0.0593. The van der Waals surface area contributed by atoms with Crippen LogP contribution in [-0.2, 0) is 14.3 Å². The average molecular weight is 535 g/mol. The number of rotatable bonds is 9. The molecular weight excluding hydrogens is 500 g/mol. The van der Waals surface area contributed by atoms with Crippen LogP contribution in [0.4, 0.5) is 5.69 Å². The van der Waals surface area contributed by atoms with Gasteiger partial charge in [0.25, 0.3) is 5.69 Å². The van der Waals surface area contributed by atoms with Crippen molar-refractivity contribution in [1.29, 1.82) is 0 Å². The Hall–Kier alpha value is -4.14. The van der Waals surface area contributed by atoms with Gasteiger partial charge in [0.2, 0.25) is 0 Å². The molecule has 0 aromatic heterocycles. The highest BCUT2D eigenvalue weighted by molar-refractivity contribution is 6.04. The van der Waals surface area contributed by atoms with Crippen molar-refractivity contribution >= 4 is 17.4 Å². The number of carbonyl (C=O) groups excluding carboxylic acids is 2. The molecule has 0 radical (unpaired) electrons.